The van der Waals surface area contributed by atoms with Crippen LogP contribution in [0.2, 0.25) is 0 Å². The van der Waals surface area contributed by atoms with Crippen LogP contribution in [0.4, 0.5) is 26.1 Å². The van der Waals surface area contributed by atoms with E-state index in [9.17, 15) is 23.6 Å². The second kappa shape index (κ2) is 13.4. The molecule has 12 heteroatoms. The number of amides is 2. The Balaban J connectivity index is 1.23. The molecule has 0 saturated carbocycles. The minimum Gasteiger partial charge on any atom is -0.339 e. The third-order valence-electron chi connectivity index (χ3n) is 7.68. The molecule has 1 aliphatic rings. The molecular formula is C32H32F2N8O2. The van der Waals surface area contributed by atoms with Crippen LogP contribution in [-0.2, 0) is 4.79 Å². The fourth-order valence-electron chi connectivity index (χ4n) is 5.40. The summed E-state index contributed by atoms with van der Waals surface area (Å²) in [5.74, 6) is -1.52. The Hall–Kier alpha value is -5.18. The number of carbonyl (C=O) groups is 2. The highest BCUT2D eigenvalue weighted by atomic mass is 19.1. The molecule has 5 rings (SSSR count). The first-order chi connectivity index (χ1) is 21.2. The molecular weight excluding hydrogens is 566 g/mol. The van der Waals surface area contributed by atoms with E-state index in [4.69, 9.17) is 4.98 Å². The number of hydrogen-bond donors (Lipinski definition) is 2. The van der Waals surface area contributed by atoms with Crippen LogP contribution in [0, 0.1) is 35.8 Å². The molecule has 226 valence electrons. The minimum absolute atomic E-state index is 0.130. The van der Waals surface area contributed by atoms with Gasteiger partial charge < -0.3 is 15.5 Å². The molecule has 1 unspecified atom stereocenters. The van der Waals surface area contributed by atoms with Gasteiger partial charge in [-0.15, -0.1) is 0 Å². The van der Waals surface area contributed by atoms with Crippen LogP contribution in [-0.4, -0.2) is 49.6 Å². The van der Waals surface area contributed by atoms with E-state index >= 15 is 0 Å². The standard InChI is InChI=1S/C32H32F2N8O2/c1-20-17-36-32(39-26-6-4-25(5-7-26)38-21(2)43)40-30(20)23-18-37-42(19-23)27(9-12-35)15-22-10-13-41(14-11-22)31(44)28-8-3-24(33)16-29(28)34/h3-8,16-19,22,27H,9-11,13-15H2,1-2H3,(H,38,43)(H,36,39,40). The van der Waals surface area contributed by atoms with Crippen molar-refractivity contribution in [3.05, 3.63) is 83.8 Å². The quantitative estimate of drug-likeness (QED) is 0.241. The van der Waals surface area contributed by atoms with Crippen molar-refractivity contribution >= 4 is 29.1 Å². The molecule has 3 heterocycles. The molecule has 4 aromatic rings. The predicted molar refractivity (Wildman–Crippen MR) is 161 cm³/mol. The average Bonchev–Trinajstić information content (AvgIpc) is 3.49. The van der Waals surface area contributed by atoms with E-state index in [0.29, 0.717) is 49.7 Å². The molecule has 10 nitrogen and oxygen atoms in total. The number of anilines is 3. The van der Waals surface area contributed by atoms with Gasteiger partial charge in [0.25, 0.3) is 5.91 Å². The van der Waals surface area contributed by atoms with Crippen molar-refractivity contribution in [1.82, 2.24) is 24.6 Å². The summed E-state index contributed by atoms with van der Waals surface area (Å²) < 4.78 is 29.2. The fraction of sp³-hybridized carbons (Fsp3) is 0.312. The summed E-state index contributed by atoms with van der Waals surface area (Å²) >= 11 is 0. The van der Waals surface area contributed by atoms with Gasteiger partial charge in [0, 0.05) is 55.4 Å². The SMILES string of the molecule is CC(=O)Nc1ccc(Nc2ncc(C)c(-c3cnn(C(CC#N)CC4CCN(C(=O)c5ccc(F)cc5F)CC4)c3)n2)cc1. The monoisotopic (exact) mass is 598 g/mol. The maximum atomic E-state index is 14.1. The molecule has 1 atom stereocenters. The topological polar surface area (TPSA) is 129 Å². The van der Waals surface area contributed by atoms with Gasteiger partial charge >= 0.3 is 0 Å². The molecule has 2 aromatic carbocycles. The maximum Gasteiger partial charge on any atom is 0.256 e. The molecule has 1 fully saturated rings. The summed E-state index contributed by atoms with van der Waals surface area (Å²) in [6, 6.07) is 12.3. The van der Waals surface area contributed by atoms with Crippen molar-refractivity contribution in [1.29, 1.82) is 5.26 Å². The van der Waals surface area contributed by atoms with Crippen LogP contribution in [0.5, 0.6) is 0 Å². The number of halogens is 2. The fourth-order valence-corrected chi connectivity index (χ4v) is 5.40. The van der Waals surface area contributed by atoms with Gasteiger partial charge in [0.05, 0.1) is 36.0 Å². The molecule has 0 bridgehead atoms. The van der Waals surface area contributed by atoms with Gasteiger partial charge in [-0.2, -0.15) is 10.4 Å². The van der Waals surface area contributed by atoms with Gasteiger partial charge in [0.15, 0.2) is 0 Å². The minimum atomic E-state index is -0.861. The molecule has 2 amide bonds. The zero-order chi connectivity index (χ0) is 31.2. The number of benzene rings is 2. The van der Waals surface area contributed by atoms with Crippen molar-refractivity contribution in [3.63, 3.8) is 0 Å². The van der Waals surface area contributed by atoms with Crippen molar-refractivity contribution < 1.29 is 18.4 Å². The van der Waals surface area contributed by atoms with E-state index in [0.717, 1.165) is 28.9 Å². The van der Waals surface area contributed by atoms with E-state index < -0.39 is 17.5 Å². The number of likely N-dealkylation sites (tertiary alicyclic amines) is 1. The van der Waals surface area contributed by atoms with E-state index in [2.05, 4.69) is 26.8 Å². The van der Waals surface area contributed by atoms with Crippen LogP contribution in [0.15, 0.2) is 61.1 Å². The lowest BCUT2D eigenvalue weighted by molar-refractivity contribution is -0.114. The van der Waals surface area contributed by atoms with Crippen LogP contribution in [0.25, 0.3) is 11.3 Å². The Morgan fingerprint density at radius 1 is 1.09 bits per heavy atom. The summed E-state index contributed by atoms with van der Waals surface area (Å²) in [6.07, 6.45) is 7.72. The zero-order valence-corrected chi connectivity index (χ0v) is 24.4. The third-order valence-corrected chi connectivity index (χ3v) is 7.68. The second-order valence-electron chi connectivity index (χ2n) is 10.9. The van der Waals surface area contributed by atoms with Gasteiger partial charge in [-0.25, -0.2) is 18.7 Å². The number of aryl methyl sites for hydroxylation is 1. The molecule has 1 saturated heterocycles. The molecule has 0 aliphatic carbocycles. The van der Waals surface area contributed by atoms with Crippen molar-refractivity contribution in [2.24, 2.45) is 5.92 Å². The number of hydrogen-bond acceptors (Lipinski definition) is 7. The first-order valence-corrected chi connectivity index (χ1v) is 14.3. The van der Waals surface area contributed by atoms with Crippen molar-refractivity contribution in [2.45, 2.75) is 45.6 Å². The number of carbonyl (C=O) groups excluding carboxylic acids is 2. The smallest absolute Gasteiger partial charge is 0.256 e. The van der Waals surface area contributed by atoms with Gasteiger partial charge in [0.2, 0.25) is 11.9 Å². The van der Waals surface area contributed by atoms with E-state index in [1.54, 1.807) is 34.1 Å². The molecule has 1 aliphatic heterocycles. The highest BCUT2D eigenvalue weighted by Crippen LogP contribution is 2.31. The Morgan fingerprint density at radius 2 is 1.82 bits per heavy atom. The van der Waals surface area contributed by atoms with E-state index in [1.165, 1.54) is 13.0 Å². The van der Waals surface area contributed by atoms with Gasteiger partial charge in [-0.3, -0.25) is 14.3 Å². The normalized spacial score (nSPS) is 14.1. The number of nitrogens with one attached hydrogen (secondary N) is 2. The molecule has 0 radical (unpaired) electrons. The lowest BCUT2D eigenvalue weighted by Gasteiger charge is -2.33. The largest absolute Gasteiger partial charge is 0.339 e. The second-order valence-corrected chi connectivity index (χ2v) is 10.9. The van der Waals surface area contributed by atoms with Gasteiger partial charge in [-0.05, 0) is 74.1 Å². The summed E-state index contributed by atoms with van der Waals surface area (Å²) in [5, 5.41) is 20.1. The first kappa shape index (κ1) is 30.3. The average molecular weight is 599 g/mol. The summed E-state index contributed by atoms with van der Waals surface area (Å²) in [5.41, 5.74) is 3.68. The molecule has 44 heavy (non-hydrogen) atoms. The highest BCUT2D eigenvalue weighted by Gasteiger charge is 2.28. The predicted octanol–water partition coefficient (Wildman–Crippen LogP) is 6.03. The highest BCUT2D eigenvalue weighted by molar-refractivity contribution is 5.94. The number of nitrogens with zero attached hydrogens (tertiary/aromatic N) is 6. The Bertz CT molecular complexity index is 1690. The Labute approximate surface area is 253 Å². The molecule has 0 spiro atoms. The number of piperidine rings is 1. The lowest BCUT2D eigenvalue weighted by Crippen LogP contribution is -2.39. The van der Waals surface area contributed by atoms with Gasteiger partial charge in [-0.1, -0.05) is 0 Å². The summed E-state index contributed by atoms with van der Waals surface area (Å²) in [4.78, 5) is 34.8. The van der Waals surface area contributed by atoms with Crippen LogP contribution >= 0.6 is 0 Å². The van der Waals surface area contributed by atoms with E-state index in [-0.39, 0.29) is 29.9 Å². The zero-order valence-electron chi connectivity index (χ0n) is 24.4. The molecule has 2 aromatic heterocycles. The number of nitriles is 1. The Kier molecular flexibility index (Phi) is 9.23. The lowest BCUT2D eigenvalue weighted by atomic mass is 9.89. The first-order valence-electron chi connectivity index (χ1n) is 14.3. The third kappa shape index (κ3) is 7.23. The van der Waals surface area contributed by atoms with Crippen LogP contribution < -0.4 is 10.6 Å². The summed E-state index contributed by atoms with van der Waals surface area (Å²) in [7, 11) is 0. The number of aromatic nitrogens is 4. The van der Waals surface area contributed by atoms with Crippen LogP contribution in [0.1, 0.15) is 54.6 Å². The Morgan fingerprint density at radius 3 is 2.50 bits per heavy atom. The van der Waals surface area contributed by atoms with E-state index in [1.807, 2.05) is 25.3 Å². The summed E-state index contributed by atoms with van der Waals surface area (Å²) in [6.45, 7) is 4.28. The number of rotatable bonds is 9. The molecule has 2 N–H and O–H groups in total. The van der Waals surface area contributed by atoms with Crippen molar-refractivity contribution in [3.8, 4) is 17.3 Å². The maximum absolute atomic E-state index is 14.1. The van der Waals surface area contributed by atoms with Crippen molar-refractivity contribution in [2.75, 3.05) is 23.7 Å². The van der Waals surface area contributed by atoms with Crippen LogP contribution in [0.3, 0.4) is 0 Å². The van der Waals surface area contributed by atoms with Gasteiger partial charge in [0.1, 0.15) is 11.6 Å².